The number of nitrogens with zero attached hydrogens (tertiary/aromatic N) is 2. The second-order valence-electron chi connectivity index (χ2n) is 15.4. The summed E-state index contributed by atoms with van der Waals surface area (Å²) in [4.78, 5) is 96.9. The van der Waals surface area contributed by atoms with Gasteiger partial charge in [0, 0.05) is 32.4 Å². The molecule has 3 aromatic rings. The van der Waals surface area contributed by atoms with E-state index in [2.05, 4.69) is 16.0 Å². The van der Waals surface area contributed by atoms with E-state index >= 15 is 0 Å². The Kier molecular flexibility index (Phi) is 15.3. The lowest BCUT2D eigenvalue weighted by Gasteiger charge is -2.31. The van der Waals surface area contributed by atoms with Crippen LogP contribution in [0.1, 0.15) is 62.3 Å². The normalized spacial score (nSPS) is 18.1. The van der Waals surface area contributed by atoms with Gasteiger partial charge < -0.3 is 40.7 Å². The van der Waals surface area contributed by atoms with Crippen LogP contribution in [-0.4, -0.2) is 111 Å². The summed E-state index contributed by atoms with van der Waals surface area (Å²) in [6.07, 6.45) is -2.30. The van der Waals surface area contributed by atoms with Crippen molar-refractivity contribution in [2.75, 3.05) is 13.1 Å². The fourth-order valence-electron chi connectivity index (χ4n) is 7.38. The molecule has 314 valence electrons. The molecule has 15 heteroatoms. The zero-order valence-corrected chi connectivity index (χ0v) is 33.5. The van der Waals surface area contributed by atoms with Crippen LogP contribution >= 0.6 is 0 Å². The fourth-order valence-corrected chi connectivity index (χ4v) is 7.38. The number of aliphatic carboxylic acids is 1. The van der Waals surface area contributed by atoms with Crippen LogP contribution in [0.15, 0.2) is 84.9 Å². The molecule has 5 amide bonds. The number of ether oxygens (including phenoxy) is 1. The van der Waals surface area contributed by atoms with Crippen molar-refractivity contribution in [3.8, 4) is 0 Å². The fraction of sp³-hybridized carbons (Fsp3) is 0.432. The zero-order valence-electron chi connectivity index (χ0n) is 33.5. The van der Waals surface area contributed by atoms with Crippen molar-refractivity contribution in [2.24, 2.45) is 5.92 Å². The van der Waals surface area contributed by atoms with Crippen LogP contribution in [0.5, 0.6) is 0 Å². The van der Waals surface area contributed by atoms with Crippen LogP contribution in [0.3, 0.4) is 0 Å². The number of ketones is 1. The Balaban J connectivity index is 1.33. The number of aliphatic hydroxyl groups is 1. The van der Waals surface area contributed by atoms with Crippen molar-refractivity contribution in [3.63, 3.8) is 0 Å². The molecule has 3 aromatic carbocycles. The van der Waals surface area contributed by atoms with Crippen LogP contribution < -0.4 is 16.0 Å². The van der Waals surface area contributed by atoms with Crippen LogP contribution in [0.2, 0.25) is 0 Å². The second kappa shape index (κ2) is 20.6. The molecule has 2 heterocycles. The van der Waals surface area contributed by atoms with Gasteiger partial charge >= 0.3 is 12.1 Å². The average molecular weight is 812 g/mol. The monoisotopic (exact) mass is 811 g/mol. The van der Waals surface area contributed by atoms with Gasteiger partial charge in [-0.3, -0.25) is 24.0 Å². The zero-order chi connectivity index (χ0) is 42.6. The van der Waals surface area contributed by atoms with Gasteiger partial charge in [-0.05, 0) is 41.0 Å². The minimum Gasteiger partial charge on any atom is -0.480 e. The van der Waals surface area contributed by atoms with Crippen molar-refractivity contribution >= 4 is 41.5 Å². The summed E-state index contributed by atoms with van der Waals surface area (Å²) in [6, 6.07) is 19.9. The maximum absolute atomic E-state index is 14.4. The first-order valence-corrected chi connectivity index (χ1v) is 20.0. The van der Waals surface area contributed by atoms with Crippen molar-refractivity contribution in [2.45, 2.75) is 102 Å². The van der Waals surface area contributed by atoms with Gasteiger partial charge in [-0.25, -0.2) is 9.59 Å². The number of Topliss-reactive ketones (excluding diaryl/α,β-unsaturated/α-hetero) is 1. The van der Waals surface area contributed by atoms with E-state index in [4.69, 9.17) is 4.74 Å². The van der Waals surface area contributed by atoms with Crippen LogP contribution in [0.25, 0.3) is 0 Å². The Morgan fingerprint density at radius 1 is 0.797 bits per heavy atom. The maximum atomic E-state index is 14.4. The highest BCUT2D eigenvalue weighted by Crippen LogP contribution is 2.26. The lowest BCUT2D eigenvalue weighted by atomic mass is 10.0. The largest absolute Gasteiger partial charge is 0.480 e. The summed E-state index contributed by atoms with van der Waals surface area (Å²) in [5.74, 6) is -6.39. The highest BCUT2D eigenvalue weighted by molar-refractivity contribution is 6.38. The number of fused-ring (bicyclic) bond motifs is 1. The quantitative estimate of drug-likeness (QED) is 0.126. The molecule has 0 spiro atoms. The summed E-state index contributed by atoms with van der Waals surface area (Å²) < 4.78 is 5.90. The van der Waals surface area contributed by atoms with Crippen molar-refractivity contribution in [3.05, 3.63) is 107 Å². The topological polar surface area (TPSA) is 212 Å². The van der Waals surface area contributed by atoms with Crippen LogP contribution in [0, 0.1) is 5.92 Å². The molecule has 2 aliphatic rings. The highest BCUT2D eigenvalue weighted by Gasteiger charge is 2.46. The minimum absolute atomic E-state index is 0.000680. The average Bonchev–Trinajstić information content (AvgIpc) is 3.66. The molecule has 0 aromatic heterocycles. The summed E-state index contributed by atoms with van der Waals surface area (Å²) in [7, 11) is 0. The van der Waals surface area contributed by atoms with E-state index in [1.54, 1.807) is 86.3 Å². The maximum Gasteiger partial charge on any atom is 0.410 e. The number of carboxylic acids is 1. The number of benzene rings is 3. The van der Waals surface area contributed by atoms with E-state index in [0.717, 1.165) is 11.1 Å². The number of amides is 5. The smallest absolute Gasteiger partial charge is 0.410 e. The third kappa shape index (κ3) is 11.7. The predicted molar refractivity (Wildman–Crippen MR) is 215 cm³/mol. The Hall–Kier alpha value is -6.09. The van der Waals surface area contributed by atoms with Gasteiger partial charge in [0.2, 0.25) is 23.5 Å². The highest BCUT2D eigenvalue weighted by atomic mass is 16.6. The van der Waals surface area contributed by atoms with E-state index in [1.807, 2.05) is 24.3 Å². The minimum atomic E-state index is -1.48. The lowest BCUT2D eigenvalue weighted by molar-refractivity contribution is -0.146. The third-order valence-electron chi connectivity index (χ3n) is 10.6. The molecular weight excluding hydrogens is 759 g/mol. The van der Waals surface area contributed by atoms with Gasteiger partial charge in [0.1, 0.15) is 30.3 Å². The van der Waals surface area contributed by atoms with E-state index in [-0.39, 0.29) is 32.2 Å². The number of likely N-dealkylation sites (tertiary alicyclic amines) is 1. The SMILES string of the molecule is CCCC(NC(=O)C1CC(OC(=O)N2CCc3ccccc3C2)CN1C(=O)[C@@H](NC(=O)[C@H](O)Cc1ccccc1)C(C)C)C(=O)C(=O)N[C@@H](Cc1ccccc1)C(=O)O. The molecule has 15 nitrogen and oxygen atoms in total. The molecule has 0 saturated carbocycles. The van der Waals surface area contributed by atoms with Crippen molar-refractivity contribution < 1.29 is 48.5 Å². The van der Waals surface area contributed by atoms with Crippen molar-refractivity contribution in [1.29, 1.82) is 0 Å². The number of aliphatic hydroxyl groups excluding tert-OH is 1. The molecule has 2 aliphatic heterocycles. The number of carbonyl (C=O) groups is 7. The Labute approximate surface area is 343 Å². The number of hydrogen-bond donors (Lipinski definition) is 5. The molecule has 6 atom stereocenters. The number of carbonyl (C=O) groups excluding carboxylic acids is 6. The summed E-state index contributed by atoms with van der Waals surface area (Å²) >= 11 is 0. The Morgan fingerprint density at radius 2 is 1.41 bits per heavy atom. The van der Waals surface area contributed by atoms with E-state index in [9.17, 15) is 43.8 Å². The first-order chi connectivity index (χ1) is 28.2. The second-order valence-corrected chi connectivity index (χ2v) is 15.4. The molecule has 3 unspecified atom stereocenters. The summed E-state index contributed by atoms with van der Waals surface area (Å²) in [5.41, 5.74) is 3.44. The Morgan fingerprint density at radius 3 is 2.02 bits per heavy atom. The number of hydrogen-bond acceptors (Lipinski definition) is 9. The van der Waals surface area contributed by atoms with Crippen LogP contribution in [0.4, 0.5) is 4.79 Å². The number of carboxylic acid groups (broad SMARTS) is 1. The first-order valence-electron chi connectivity index (χ1n) is 20.0. The predicted octanol–water partition coefficient (Wildman–Crippen LogP) is 2.56. The van der Waals surface area contributed by atoms with Gasteiger partial charge in [-0.2, -0.15) is 0 Å². The molecule has 0 aliphatic carbocycles. The standard InChI is InChI=1S/C44H53N5O10/c1-4-13-33(38(51)41(54)46-34(43(56)57)22-28-14-7-5-8-15-28)45-39(52)35-24-32(59-44(58)48-21-20-30-18-11-12-19-31(30)25-48)26-49(35)42(55)37(27(2)3)47-40(53)36(50)23-29-16-9-6-10-17-29/h5-12,14-19,27,32-37,50H,4,13,20-26H2,1-3H3,(H,45,52)(H,46,54)(H,47,53)(H,56,57)/t32?,33?,34-,35?,36+,37-/m0/s1. The number of rotatable bonds is 17. The third-order valence-corrected chi connectivity index (χ3v) is 10.6. The van der Waals surface area contributed by atoms with Crippen LogP contribution in [-0.2, 0) is 59.3 Å². The molecule has 5 N–H and O–H groups in total. The van der Waals surface area contributed by atoms with Gasteiger partial charge in [-0.15, -0.1) is 0 Å². The molecule has 0 bridgehead atoms. The molecule has 5 rings (SSSR count). The molecular formula is C44H53N5O10. The van der Waals surface area contributed by atoms with E-state index < -0.39 is 83.8 Å². The summed E-state index contributed by atoms with van der Waals surface area (Å²) in [5, 5.41) is 28.1. The van der Waals surface area contributed by atoms with Gasteiger partial charge in [0.05, 0.1) is 12.6 Å². The van der Waals surface area contributed by atoms with Crippen molar-refractivity contribution in [1.82, 2.24) is 25.8 Å². The molecule has 59 heavy (non-hydrogen) atoms. The summed E-state index contributed by atoms with van der Waals surface area (Å²) in [6.45, 7) is 5.63. The first kappa shape index (κ1) is 44.0. The lowest BCUT2D eigenvalue weighted by Crippen LogP contribution is -2.58. The van der Waals surface area contributed by atoms with Gasteiger partial charge in [0.25, 0.3) is 5.91 Å². The molecule has 0 radical (unpaired) electrons. The molecule has 1 fully saturated rings. The van der Waals surface area contributed by atoms with E-state index in [0.29, 0.717) is 37.1 Å². The van der Waals surface area contributed by atoms with E-state index in [1.165, 1.54) is 4.90 Å². The van der Waals surface area contributed by atoms with Gasteiger partial charge in [-0.1, -0.05) is 112 Å². The van der Waals surface area contributed by atoms with Gasteiger partial charge in [0.15, 0.2) is 0 Å². The number of nitrogens with one attached hydrogen (secondary N) is 3. The Bertz CT molecular complexity index is 1980. The molecule has 1 saturated heterocycles.